The second kappa shape index (κ2) is 12.6. The Morgan fingerprint density at radius 1 is 1.06 bits per heavy atom. The van der Waals surface area contributed by atoms with E-state index in [1.807, 2.05) is 31.2 Å². The van der Waals surface area contributed by atoms with E-state index >= 15 is 0 Å². The quantitative estimate of drug-likeness (QED) is 0.460. The van der Waals surface area contributed by atoms with Gasteiger partial charge in [-0.15, -0.1) is 0 Å². The third-order valence-electron chi connectivity index (χ3n) is 5.04. The summed E-state index contributed by atoms with van der Waals surface area (Å²) >= 11 is 12.1. The number of halogens is 2. The second-order valence-corrected chi connectivity index (χ2v) is 8.18. The molecule has 31 heavy (non-hydrogen) atoms. The van der Waals surface area contributed by atoms with Crippen LogP contribution in [0.2, 0.25) is 10.0 Å². The van der Waals surface area contributed by atoms with E-state index in [0.29, 0.717) is 35.3 Å². The second-order valence-electron chi connectivity index (χ2n) is 7.37. The molecule has 168 valence electrons. The van der Waals surface area contributed by atoms with Crippen molar-refractivity contribution in [3.63, 3.8) is 0 Å². The predicted molar refractivity (Wildman–Crippen MR) is 126 cm³/mol. The zero-order valence-corrected chi connectivity index (χ0v) is 19.8. The van der Waals surface area contributed by atoms with Crippen LogP contribution in [0.25, 0.3) is 0 Å². The summed E-state index contributed by atoms with van der Waals surface area (Å²) in [5, 5.41) is 3.80. The van der Waals surface area contributed by atoms with E-state index < -0.39 is 6.04 Å². The maximum absolute atomic E-state index is 13.3. The van der Waals surface area contributed by atoms with Gasteiger partial charge in [0.2, 0.25) is 11.8 Å². The molecular weight excluding hydrogens is 435 g/mol. The molecule has 1 N–H and O–H groups in total. The molecule has 1 atom stereocenters. The van der Waals surface area contributed by atoms with Crippen LogP contribution in [0.5, 0.6) is 5.75 Å². The molecule has 0 heterocycles. The Kier molecular flexibility index (Phi) is 10.2. The molecule has 2 rings (SSSR count). The molecule has 7 heteroatoms. The fraction of sp³-hybridized carbons (Fsp3) is 0.417. The molecule has 0 saturated carbocycles. The average molecular weight is 465 g/mol. The van der Waals surface area contributed by atoms with Crippen LogP contribution < -0.4 is 10.1 Å². The van der Waals surface area contributed by atoms with Gasteiger partial charge in [0.25, 0.3) is 0 Å². The normalized spacial score (nSPS) is 11.6. The van der Waals surface area contributed by atoms with Gasteiger partial charge in [-0.1, -0.05) is 61.7 Å². The topological polar surface area (TPSA) is 58.6 Å². The lowest BCUT2D eigenvalue weighted by Crippen LogP contribution is -2.49. The molecule has 0 saturated heterocycles. The summed E-state index contributed by atoms with van der Waals surface area (Å²) in [4.78, 5) is 27.9. The van der Waals surface area contributed by atoms with Gasteiger partial charge in [0, 0.05) is 13.1 Å². The smallest absolute Gasteiger partial charge is 0.242 e. The SMILES string of the molecule is CCCCNC(=O)[C@H](CC)N(Cc1cccc(OC)c1)C(=O)Cc1ccc(Cl)c(Cl)c1. The van der Waals surface area contributed by atoms with Crippen LogP contribution in [0.1, 0.15) is 44.2 Å². The molecule has 0 aliphatic rings. The third-order valence-corrected chi connectivity index (χ3v) is 5.78. The minimum atomic E-state index is -0.571. The summed E-state index contributed by atoms with van der Waals surface area (Å²) in [7, 11) is 1.60. The fourth-order valence-corrected chi connectivity index (χ4v) is 3.64. The number of amides is 2. The molecule has 2 aromatic carbocycles. The third kappa shape index (κ3) is 7.44. The van der Waals surface area contributed by atoms with Crippen LogP contribution >= 0.6 is 23.2 Å². The molecule has 2 amide bonds. The Balaban J connectivity index is 2.28. The Hall–Kier alpha value is -2.24. The summed E-state index contributed by atoms with van der Waals surface area (Å²) < 4.78 is 5.31. The van der Waals surface area contributed by atoms with E-state index in [1.165, 1.54) is 0 Å². The molecule has 0 aromatic heterocycles. The van der Waals surface area contributed by atoms with Crippen LogP contribution in [0, 0.1) is 0 Å². The first-order valence-electron chi connectivity index (χ1n) is 10.5. The monoisotopic (exact) mass is 464 g/mol. The standard InChI is InChI=1S/C24H30Cl2N2O3/c1-4-6-12-27-24(30)22(5-2)28(16-18-8-7-9-19(13-18)31-3)23(29)15-17-10-11-20(25)21(26)14-17/h7-11,13-14,22H,4-6,12,15-16H2,1-3H3,(H,27,30)/t22-/m0/s1. The van der Waals surface area contributed by atoms with Crippen molar-refractivity contribution >= 4 is 35.0 Å². The molecule has 2 aromatic rings. The van der Waals surface area contributed by atoms with Crippen molar-refractivity contribution < 1.29 is 14.3 Å². The molecule has 0 radical (unpaired) electrons. The van der Waals surface area contributed by atoms with E-state index in [1.54, 1.807) is 30.2 Å². The first-order valence-corrected chi connectivity index (χ1v) is 11.3. The minimum Gasteiger partial charge on any atom is -0.497 e. The molecule has 0 fully saturated rings. The van der Waals surface area contributed by atoms with Gasteiger partial charge in [-0.3, -0.25) is 9.59 Å². The van der Waals surface area contributed by atoms with E-state index in [9.17, 15) is 9.59 Å². The van der Waals surface area contributed by atoms with Crippen molar-refractivity contribution in [1.82, 2.24) is 10.2 Å². The molecule has 5 nitrogen and oxygen atoms in total. The van der Waals surface area contributed by atoms with Crippen molar-refractivity contribution in [1.29, 1.82) is 0 Å². The summed E-state index contributed by atoms with van der Waals surface area (Å²) in [6.45, 7) is 4.88. The first kappa shape index (κ1) is 25.0. The Bertz CT molecular complexity index is 889. The molecule has 0 bridgehead atoms. The van der Waals surface area contributed by atoms with Gasteiger partial charge in [-0.2, -0.15) is 0 Å². The lowest BCUT2D eigenvalue weighted by Gasteiger charge is -2.31. The molecular formula is C24H30Cl2N2O3. The number of nitrogens with zero attached hydrogens (tertiary/aromatic N) is 1. The number of rotatable bonds is 11. The highest BCUT2D eigenvalue weighted by atomic mass is 35.5. The highest BCUT2D eigenvalue weighted by Gasteiger charge is 2.28. The summed E-state index contributed by atoms with van der Waals surface area (Å²) in [6, 6.07) is 12.1. The number of carbonyl (C=O) groups is 2. The molecule has 0 aliphatic carbocycles. The summed E-state index contributed by atoms with van der Waals surface area (Å²) in [6.07, 6.45) is 2.52. The lowest BCUT2D eigenvalue weighted by molar-refractivity contribution is -0.140. The van der Waals surface area contributed by atoms with Gasteiger partial charge < -0.3 is 15.0 Å². The number of benzene rings is 2. The molecule has 0 aliphatic heterocycles. The van der Waals surface area contributed by atoms with E-state index in [4.69, 9.17) is 27.9 Å². The largest absolute Gasteiger partial charge is 0.497 e. The highest BCUT2D eigenvalue weighted by molar-refractivity contribution is 6.42. The zero-order valence-electron chi connectivity index (χ0n) is 18.3. The van der Waals surface area contributed by atoms with E-state index in [0.717, 1.165) is 24.0 Å². The van der Waals surface area contributed by atoms with Gasteiger partial charge in [-0.05, 0) is 48.2 Å². The number of unbranched alkanes of at least 4 members (excludes halogenated alkanes) is 1. The summed E-state index contributed by atoms with van der Waals surface area (Å²) in [5.41, 5.74) is 1.64. The number of ether oxygens (including phenoxy) is 1. The number of hydrogen-bond acceptors (Lipinski definition) is 3. The first-order chi connectivity index (χ1) is 14.9. The maximum atomic E-state index is 13.3. The zero-order chi connectivity index (χ0) is 22.8. The van der Waals surface area contributed by atoms with Crippen molar-refractivity contribution in [3.05, 3.63) is 63.6 Å². The number of carbonyl (C=O) groups excluding carboxylic acids is 2. The fourth-order valence-electron chi connectivity index (χ4n) is 3.32. The van der Waals surface area contributed by atoms with Gasteiger partial charge in [-0.25, -0.2) is 0 Å². The number of methoxy groups -OCH3 is 1. The predicted octanol–water partition coefficient (Wildman–Crippen LogP) is 5.27. The van der Waals surface area contributed by atoms with Gasteiger partial charge in [0.1, 0.15) is 11.8 Å². The van der Waals surface area contributed by atoms with E-state index in [2.05, 4.69) is 12.2 Å². The van der Waals surface area contributed by atoms with Gasteiger partial charge >= 0.3 is 0 Å². The highest BCUT2D eigenvalue weighted by Crippen LogP contribution is 2.24. The van der Waals surface area contributed by atoms with Crippen LogP contribution in [-0.4, -0.2) is 36.4 Å². The van der Waals surface area contributed by atoms with Crippen LogP contribution in [0.3, 0.4) is 0 Å². The van der Waals surface area contributed by atoms with Crippen molar-refractivity contribution in [2.75, 3.05) is 13.7 Å². The molecule has 0 spiro atoms. The Morgan fingerprint density at radius 3 is 2.48 bits per heavy atom. The van der Waals surface area contributed by atoms with E-state index in [-0.39, 0.29) is 18.2 Å². The van der Waals surface area contributed by atoms with Crippen molar-refractivity contribution in [2.45, 2.75) is 52.1 Å². The summed E-state index contributed by atoms with van der Waals surface area (Å²) in [5.74, 6) is 0.412. The van der Waals surface area contributed by atoms with Gasteiger partial charge in [0.15, 0.2) is 0 Å². The van der Waals surface area contributed by atoms with Crippen LogP contribution in [0.15, 0.2) is 42.5 Å². The number of nitrogens with one attached hydrogen (secondary N) is 1. The van der Waals surface area contributed by atoms with Crippen molar-refractivity contribution in [3.8, 4) is 5.75 Å². The van der Waals surface area contributed by atoms with Crippen molar-refractivity contribution in [2.24, 2.45) is 0 Å². The Labute approximate surface area is 194 Å². The number of hydrogen-bond donors (Lipinski definition) is 1. The van der Waals surface area contributed by atoms with Crippen LogP contribution in [-0.2, 0) is 22.6 Å². The maximum Gasteiger partial charge on any atom is 0.242 e. The lowest BCUT2D eigenvalue weighted by atomic mass is 10.1. The molecule has 0 unspecified atom stereocenters. The van der Waals surface area contributed by atoms with Crippen LogP contribution in [0.4, 0.5) is 0 Å². The minimum absolute atomic E-state index is 0.125. The Morgan fingerprint density at radius 2 is 1.84 bits per heavy atom. The van der Waals surface area contributed by atoms with Gasteiger partial charge in [0.05, 0.1) is 23.6 Å². The average Bonchev–Trinajstić information content (AvgIpc) is 2.76.